The Hall–Kier alpha value is -4.06. The predicted octanol–water partition coefficient (Wildman–Crippen LogP) is 8.26. The zero-order chi connectivity index (χ0) is 33.9. The van der Waals surface area contributed by atoms with Crippen molar-refractivity contribution in [1.29, 1.82) is 0 Å². The minimum absolute atomic E-state index is 0.00335. The van der Waals surface area contributed by atoms with Gasteiger partial charge in [-0.15, -0.1) is 10.2 Å². The van der Waals surface area contributed by atoms with Gasteiger partial charge in [0.25, 0.3) is 5.78 Å². The van der Waals surface area contributed by atoms with Crippen molar-refractivity contribution in [2.24, 2.45) is 5.92 Å². The highest BCUT2D eigenvalue weighted by Crippen LogP contribution is 2.46. The summed E-state index contributed by atoms with van der Waals surface area (Å²) in [5.41, 5.74) is 2.77. The van der Waals surface area contributed by atoms with Gasteiger partial charge in [-0.25, -0.2) is 0 Å². The van der Waals surface area contributed by atoms with E-state index in [0.29, 0.717) is 63.3 Å². The fourth-order valence-electron chi connectivity index (χ4n) is 5.67. The number of benzene rings is 3. The molecule has 2 atom stereocenters. The largest absolute Gasteiger partial charge is 0.507 e. The van der Waals surface area contributed by atoms with Crippen molar-refractivity contribution in [3.8, 4) is 17.2 Å². The molecule has 48 heavy (non-hydrogen) atoms. The van der Waals surface area contributed by atoms with Crippen molar-refractivity contribution in [3.63, 3.8) is 0 Å². The monoisotopic (exact) mass is 705 g/mol. The number of carbonyl (C=O) groups excluding carboxylic acids is 2. The smallest absolute Gasteiger partial charge is 0.301 e. The normalized spacial score (nSPS) is 18.3. The van der Waals surface area contributed by atoms with Crippen LogP contribution in [0.25, 0.3) is 5.76 Å². The molecule has 9 nitrogen and oxygen atoms in total. The molecule has 1 N–H and O–H groups in total. The number of nitrogens with zero attached hydrogens (tertiary/aromatic N) is 3. The van der Waals surface area contributed by atoms with Gasteiger partial charge in [0.15, 0.2) is 15.8 Å². The van der Waals surface area contributed by atoms with Crippen molar-refractivity contribution in [3.05, 3.63) is 93.5 Å². The van der Waals surface area contributed by atoms with Gasteiger partial charge in [0.1, 0.15) is 17.6 Å². The quantitative estimate of drug-likeness (QED) is 0.0512. The number of hydrogen-bond donors (Lipinski definition) is 1. The molecule has 250 valence electrons. The molecule has 0 unspecified atom stereocenters. The summed E-state index contributed by atoms with van der Waals surface area (Å²) < 4.78 is 18.5. The van der Waals surface area contributed by atoms with Crippen LogP contribution in [0.2, 0.25) is 5.02 Å². The standard InChI is InChI=1S/C36H36ClN3O6S2/c1-5-44-29-18-22(10-13-28(29)45-15-14-20(2)3)31-30(32(41)23-11-12-27-25(17-23)16-21(4)46-27)33(42)34(43)40(31)35-38-39-36(48-35)47-19-24-8-6-7-9-26(24)37/h6-13,17-18,20-21,31,41H,5,14-16,19H2,1-4H3/b32-30+/t21-,31+/m0/s1. The van der Waals surface area contributed by atoms with Crippen molar-refractivity contribution >= 4 is 57.3 Å². The van der Waals surface area contributed by atoms with Gasteiger partial charge in [-0.3, -0.25) is 14.5 Å². The summed E-state index contributed by atoms with van der Waals surface area (Å²) in [4.78, 5) is 29.0. The lowest BCUT2D eigenvalue weighted by molar-refractivity contribution is -0.132. The highest BCUT2D eigenvalue weighted by molar-refractivity contribution is 8.00. The second-order valence-electron chi connectivity index (χ2n) is 12.0. The molecule has 2 aliphatic heterocycles. The molecule has 0 saturated carbocycles. The lowest BCUT2D eigenvalue weighted by atomic mass is 9.94. The summed E-state index contributed by atoms with van der Waals surface area (Å²) in [6.45, 7) is 8.99. The molecule has 4 aromatic rings. The lowest BCUT2D eigenvalue weighted by Crippen LogP contribution is -2.29. The second kappa shape index (κ2) is 14.6. The van der Waals surface area contributed by atoms with Crippen LogP contribution in [-0.2, 0) is 21.8 Å². The van der Waals surface area contributed by atoms with E-state index in [4.69, 9.17) is 25.8 Å². The van der Waals surface area contributed by atoms with Gasteiger partial charge in [-0.2, -0.15) is 0 Å². The summed E-state index contributed by atoms with van der Waals surface area (Å²) >= 11 is 8.97. The molecule has 12 heteroatoms. The SMILES string of the molecule is CCOc1cc([C@@H]2/C(=C(\O)c3ccc4c(c3)C[C@H](C)O4)C(=O)C(=O)N2c2nnc(SCc3ccccc3Cl)s2)ccc1OCCC(C)C. The van der Waals surface area contributed by atoms with Crippen LogP contribution in [0.4, 0.5) is 5.13 Å². The number of aliphatic hydroxyl groups excluding tert-OH is 1. The Kier molecular flexibility index (Phi) is 10.3. The molecule has 3 heterocycles. The van der Waals surface area contributed by atoms with Crippen LogP contribution < -0.4 is 19.1 Å². The number of anilines is 1. The van der Waals surface area contributed by atoms with Gasteiger partial charge in [0, 0.05) is 22.8 Å². The van der Waals surface area contributed by atoms with Crippen molar-refractivity contribution in [2.45, 2.75) is 62.8 Å². The van der Waals surface area contributed by atoms with E-state index in [9.17, 15) is 14.7 Å². The molecule has 0 aliphatic carbocycles. The van der Waals surface area contributed by atoms with E-state index in [1.165, 1.54) is 28.0 Å². The minimum atomic E-state index is -1.01. The Morgan fingerprint density at radius 3 is 2.69 bits per heavy atom. The Morgan fingerprint density at radius 1 is 1.10 bits per heavy atom. The molecule has 0 bridgehead atoms. The number of Topliss-reactive ketones (excluding diaryl/α,β-unsaturated/α-hetero) is 1. The van der Waals surface area contributed by atoms with Gasteiger partial charge < -0.3 is 19.3 Å². The Balaban J connectivity index is 1.41. The van der Waals surface area contributed by atoms with E-state index in [0.717, 1.165) is 23.3 Å². The van der Waals surface area contributed by atoms with Crippen molar-refractivity contribution in [1.82, 2.24) is 10.2 Å². The topological polar surface area (TPSA) is 111 Å². The Morgan fingerprint density at radius 2 is 1.92 bits per heavy atom. The number of ether oxygens (including phenoxy) is 3. The molecule has 1 amide bonds. The number of halogens is 1. The third-order valence-electron chi connectivity index (χ3n) is 8.06. The molecule has 2 aliphatic rings. The molecule has 3 aromatic carbocycles. The van der Waals surface area contributed by atoms with Crippen LogP contribution in [0, 0.1) is 5.92 Å². The van der Waals surface area contributed by atoms with Gasteiger partial charge in [-0.1, -0.05) is 72.8 Å². The number of aromatic nitrogens is 2. The molecule has 1 aromatic heterocycles. The maximum atomic E-state index is 13.9. The number of carbonyl (C=O) groups is 2. The number of ketones is 1. The average Bonchev–Trinajstić information content (AvgIpc) is 3.75. The number of rotatable bonds is 12. The van der Waals surface area contributed by atoms with Gasteiger partial charge in [0.2, 0.25) is 5.13 Å². The summed E-state index contributed by atoms with van der Waals surface area (Å²) in [6, 6.07) is 17.2. The van der Waals surface area contributed by atoms with Crippen LogP contribution in [0.5, 0.6) is 17.2 Å². The summed E-state index contributed by atoms with van der Waals surface area (Å²) in [7, 11) is 0. The fraction of sp³-hybridized carbons (Fsp3) is 0.333. The van der Waals surface area contributed by atoms with E-state index in [1.54, 1.807) is 30.3 Å². The van der Waals surface area contributed by atoms with E-state index >= 15 is 0 Å². The van der Waals surface area contributed by atoms with E-state index in [1.807, 2.05) is 44.2 Å². The van der Waals surface area contributed by atoms with Crippen LogP contribution in [0.1, 0.15) is 62.4 Å². The van der Waals surface area contributed by atoms with Crippen molar-refractivity contribution < 1.29 is 28.9 Å². The first-order chi connectivity index (χ1) is 23.1. The maximum absolute atomic E-state index is 13.9. The Bertz CT molecular complexity index is 1880. The van der Waals surface area contributed by atoms with Crippen LogP contribution in [0.3, 0.4) is 0 Å². The number of thioether (sulfide) groups is 1. The van der Waals surface area contributed by atoms with Crippen LogP contribution in [-0.4, -0.2) is 46.3 Å². The van der Waals surface area contributed by atoms with Gasteiger partial charge in [-0.05, 0) is 79.3 Å². The zero-order valence-corrected chi connectivity index (χ0v) is 29.5. The maximum Gasteiger partial charge on any atom is 0.301 e. The van der Waals surface area contributed by atoms with Crippen molar-refractivity contribution in [2.75, 3.05) is 18.1 Å². The molecule has 1 fully saturated rings. The zero-order valence-electron chi connectivity index (χ0n) is 27.1. The van der Waals surface area contributed by atoms with E-state index in [2.05, 4.69) is 24.0 Å². The minimum Gasteiger partial charge on any atom is -0.507 e. The van der Waals surface area contributed by atoms with Gasteiger partial charge in [0.05, 0.1) is 24.8 Å². The highest BCUT2D eigenvalue weighted by Gasteiger charge is 2.48. The number of fused-ring (bicyclic) bond motifs is 1. The molecule has 0 radical (unpaired) electrons. The number of amides is 1. The van der Waals surface area contributed by atoms with Crippen LogP contribution in [0.15, 0.2) is 70.6 Å². The molecular formula is C36H36ClN3O6S2. The number of hydrogen-bond acceptors (Lipinski definition) is 10. The first-order valence-corrected chi connectivity index (χ1v) is 18.0. The average molecular weight is 706 g/mol. The second-order valence-corrected chi connectivity index (χ2v) is 14.6. The van der Waals surface area contributed by atoms with Gasteiger partial charge >= 0.3 is 5.91 Å². The molecule has 6 rings (SSSR count). The Labute approximate surface area is 292 Å². The summed E-state index contributed by atoms with van der Waals surface area (Å²) in [5.74, 6) is 0.867. The fourth-order valence-corrected chi connectivity index (χ4v) is 7.82. The summed E-state index contributed by atoms with van der Waals surface area (Å²) in [5, 5.41) is 21.3. The van der Waals surface area contributed by atoms with Crippen LogP contribution >= 0.6 is 34.7 Å². The third kappa shape index (κ3) is 7.04. The predicted molar refractivity (Wildman–Crippen MR) is 189 cm³/mol. The molecular weight excluding hydrogens is 670 g/mol. The van der Waals surface area contributed by atoms with E-state index < -0.39 is 17.7 Å². The summed E-state index contributed by atoms with van der Waals surface area (Å²) in [6.07, 6.45) is 1.54. The van der Waals surface area contributed by atoms with E-state index in [-0.39, 0.29) is 22.6 Å². The molecule has 0 spiro atoms. The third-order valence-corrected chi connectivity index (χ3v) is 10.5. The molecule has 1 saturated heterocycles. The lowest BCUT2D eigenvalue weighted by Gasteiger charge is -2.24. The first-order valence-electron chi connectivity index (χ1n) is 15.8. The highest BCUT2D eigenvalue weighted by atomic mass is 35.5. The first kappa shape index (κ1) is 33.8. The number of aliphatic hydroxyl groups is 1.